The first-order valence-corrected chi connectivity index (χ1v) is 8.63. The molecule has 3 rings (SSSR count). The number of rotatable bonds is 4. The molecule has 1 aliphatic carbocycles. The van der Waals surface area contributed by atoms with Crippen LogP contribution in [0, 0.1) is 0 Å². The average molecular weight is 344 g/mol. The molecule has 0 aromatic heterocycles. The predicted molar refractivity (Wildman–Crippen MR) is 92.4 cm³/mol. The molecule has 0 radical (unpaired) electrons. The summed E-state index contributed by atoms with van der Waals surface area (Å²) in [5.41, 5.74) is 2.88. The van der Waals surface area contributed by atoms with Crippen molar-refractivity contribution >= 4 is 15.9 Å². The van der Waals surface area contributed by atoms with Crippen LogP contribution in [-0.4, -0.2) is 6.04 Å². The van der Waals surface area contributed by atoms with Gasteiger partial charge in [-0.1, -0.05) is 58.4 Å². The molecule has 1 saturated carbocycles. The van der Waals surface area contributed by atoms with Crippen molar-refractivity contribution in [3.05, 3.63) is 70.2 Å². The lowest BCUT2D eigenvalue weighted by Gasteiger charge is -2.29. The zero-order valence-electron chi connectivity index (χ0n) is 12.3. The molecule has 0 amide bonds. The molecule has 0 unspecified atom stereocenters. The molecule has 0 bridgehead atoms. The fourth-order valence-electron chi connectivity index (χ4n) is 3.22. The SMILES string of the molecule is Brc1ccc(CNC2CCC(c3ccccc3)CC2)cc1. The molecule has 0 aliphatic heterocycles. The third kappa shape index (κ3) is 4.18. The van der Waals surface area contributed by atoms with Crippen molar-refractivity contribution in [1.82, 2.24) is 5.32 Å². The van der Waals surface area contributed by atoms with Gasteiger partial charge in [-0.15, -0.1) is 0 Å². The van der Waals surface area contributed by atoms with Gasteiger partial charge in [0.05, 0.1) is 0 Å². The molecule has 1 fully saturated rings. The normalized spacial score (nSPS) is 22.1. The minimum absolute atomic E-state index is 0.675. The van der Waals surface area contributed by atoms with Crippen molar-refractivity contribution in [1.29, 1.82) is 0 Å². The van der Waals surface area contributed by atoms with Crippen molar-refractivity contribution in [2.24, 2.45) is 0 Å². The molecular formula is C19H22BrN. The lowest BCUT2D eigenvalue weighted by Crippen LogP contribution is -2.32. The molecule has 110 valence electrons. The molecule has 2 aromatic rings. The van der Waals surface area contributed by atoms with Gasteiger partial charge in [0.2, 0.25) is 0 Å². The number of halogens is 1. The summed E-state index contributed by atoms with van der Waals surface area (Å²) in [7, 11) is 0. The van der Waals surface area contributed by atoms with E-state index in [0.717, 1.165) is 16.9 Å². The summed E-state index contributed by atoms with van der Waals surface area (Å²) < 4.78 is 1.15. The van der Waals surface area contributed by atoms with Gasteiger partial charge in [-0.3, -0.25) is 0 Å². The summed E-state index contributed by atoms with van der Waals surface area (Å²) in [5, 5.41) is 3.71. The van der Waals surface area contributed by atoms with Crippen LogP contribution in [0.15, 0.2) is 59.1 Å². The van der Waals surface area contributed by atoms with Crippen molar-refractivity contribution in [2.45, 2.75) is 44.2 Å². The van der Waals surface area contributed by atoms with Gasteiger partial charge in [0.25, 0.3) is 0 Å². The summed E-state index contributed by atoms with van der Waals surface area (Å²) >= 11 is 3.48. The molecule has 1 N–H and O–H groups in total. The number of hydrogen-bond donors (Lipinski definition) is 1. The molecule has 0 saturated heterocycles. The fraction of sp³-hybridized carbons (Fsp3) is 0.368. The van der Waals surface area contributed by atoms with Crippen LogP contribution in [0.25, 0.3) is 0 Å². The van der Waals surface area contributed by atoms with Crippen molar-refractivity contribution < 1.29 is 0 Å². The number of hydrogen-bond acceptors (Lipinski definition) is 1. The predicted octanol–water partition coefficient (Wildman–Crippen LogP) is 5.27. The zero-order chi connectivity index (χ0) is 14.5. The number of nitrogens with one attached hydrogen (secondary N) is 1. The Bertz CT molecular complexity index is 542. The first-order valence-electron chi connectivity index (χ1n) is 7.84. The Morgan fingerprint density at radius 2 is 1.52 bits per heavy atom. The lowest BCUT2D eigenvalue weighted by atomic mass is 9.82. The van der Waals surface area contributed by atoms with E-state index in [0.29, 0.717) is 6.04 Å². The molecule has 2 aromatic carbocycles. The summed E-state index contributed by atoms with van der Waals surface area (Å²) in [6.45, 7) is 0.980. The van der Waals surface area contributed by atoms with Gasteiger partial charge in [0, 0.05) is 17.1 Å². The second-order valence-electron chi connectivity index (χ2n) is 5.97. The molecule has 2 heteroatoms. The van der Waals surface area contributed by atoms with Gasteiger partial charge in [0.1, 0.15) is 0 Å². The van der Waals surface area contributed by atoms with E-state index in [2.05, 4.69) is 75.8 Å². The number of benzene rings is 2. The molecule has 1 aliphatic rings. The van der Waals surface area contributed by atoms with E-state index in [1.54, 1.807) is 0 Å². The Balaban J connectivity index is 1.47. The maximum absolute atomic E-state index is 3.71. The molecular weight excluding hydrogens is 322 g/mol. The zero-order valence-corrected chi connectivity index (χ0v) is 13.9. The van der Waals surface area contributed by atoms with Crippen molar-refractivity contribution in [3.63, 3.8) is 0 Å². The molecule has 21 heavy (non-hydrogen) atoms. The summed E-state index contributed by atoms with van der Waals surface area (Å²) in [6, 6.07) is 20.3. The van der Waals surface area contributed by atoms with Crippen LogP contribution in [0.5, 0.6) is 0 Å². The molecule has 1 nitrogen and oxygen atoms in total. The van der Waals surface area contributed by atoms with Crippen molar-refractivity contribution in [3.8, 4) is 0 Å². The van der Waals surface area contributed by atoms with E-state index < -0.39 is 0 Å². The highest BCUT2D eigenvalue weighted by molar-refractivity contribution is 9.10. The van der Waals surface area contributed by atoms with Gasteiger partial charge < -0.3 is 5.32 Å². The van der Waals surface area contributed by atoms with E-state index >= 15 is 0 Å². The van der Waals surface area contributed by atoms with Crippen LogP contribution < -0.4 is 5.32 Å². The average Bonchev–Trinajstić information content (AvgIpc) is 2.56. The first kappa shape index (κ1) is 14.8. The second-order valence-corrected chi connectivity index (χ2v) is 6.88. The van der Waals surface area contributed by atoms with Gasteiger partial charge >= 0.3 is 0 Å². The Kier molecular flexibility index (Phi) is 5.10. The fourth-order valence-corrected chi connectivity index (χ4v) is 3.48. The minimum atomic E-state index is 0.675. The quantitative estimate of drug-likeness (QED) is 0.797. The Labute approximate surface area is 135 Å². The monoisotopic (exact) mass is 343 g/mol. The maximum Gasteiger partial charge on any atom is 0.0208 e. The van der Waals surface area contributed by atoms with Crippen LogP contribution in [0.1, 0.15) is 42.7 Å². The highest BCUT2D eigenvalue weighted by atomic mass is 79.9. The Hall–Kier alpha value is -1.12. The molecule has 0 heterocycles. The highest BCUT2D eigenvalue weighted by Crippen LogP contribution is 2.32. The summed E-state index contributed by atoms with van der Waals surface area (Å²) in [4.78, 5) is 0. The Morgan fingerprint density at radius 3 is 2.19 bits per heavy atom. The van der Waals surface area contributed by atoms with E-state index in [1.165, 1.54) is 36.8 Å². The Morgan fingerprint density at radius 1 is 0.857 bits per heavy atom. The van der Waals surface area contributed by atoms with Crippen LogP contribution in [-0.2, 0) is 6.54 Å². The van der Waals surface area contributed by atoms with Crippen LogP contribution >= 0.6 is 15.9 Å². The minimum Gasteiger partial charge on any atom is -0.310 e. The largest absolute Gasteiger partial charge is 0.310 e. The van der Waals surface area contributed by atoms with Crippen LogP contribution in [0.3, 0.4) is 0 Å². The summed E-state index contributed by atoms with van der Waals surface area (Å²) in [5.74, 6) is 0.761. The molecule has 0 spiro atoms. The van der Waals surface area contributed by atoms with Gasteiger partial charge in [-0.05, 0) is 54.9 Å². The van der Waals surface area contributed by atoms with Crippen LogP contribution in [0.4, 0.5) is 0 Å². The third-order valence-corrected chi connectivity index (χ3v) is 5.03. The van der Waals surface area contributed by atoms with Crippen LogP contribution in [0.2, 0.25) is 0 Å². The van der Waals surface area contributed by atoms with Crippen molar-refractivity contribution in [2.75, 3.05) is 0 Å². The molecule has 0 atom stereocenters. The first-order chi connectivity index (χ1) is 10.3. The van der Waals surface area contributed by atoms with Gasteiger partial charge in [-0.2, -0.15) is 0 Å². The highest BCUT2D eigenvalue weighted by Gasteiger charge is 2.21. The lowest BCUT2D eigenvalue weighted by molar-refractivity contribution is 0.341. The summed E-state index contributed by atoms with van der Waals surface area (Å²) in [6.07, 6.45) is 5.19. The standard InChI is InChI=1S/C19H22BrN/c20-18-10-6-15(7-11-18)14-21-19-12-8-17(9-13-19)16-4-2-1-3-5-16/h1-7,10-11,17,19,21H,8-9,12-14H2. The van der Waals surface area contributed by atoms with E-state index in [9.17, 15) is 0 Å². The topological polar surface area (TPSA) is 12.0 Å². The van der Waals surface area contributed by atoms with E-state index in [-0.39, 0.29) is 0 Å². The van der Waals surface area contributed by atoms with E-state index in [1.807, 2.05) is 0 Å². The smallest absolute Gasteiger partial charge is 0.0208 e. The van der Waals surface area contributed by atoms with Gasteiger partial charge in [0.15, 0.2) is 0 Å². The third-order valence-electron chi connectivity index (χ3n) is 4.51. The maximum atomic E-state index is 3.71. The van der Waals surface area contributed by atoms with E-state index in [4.69, 9.17) is 0 Å². The second kappa shape index (κ2) is 7.24. The van der Waals surface area contributed by atoms with Gasteiger partial charge in [-0.25, -0.2) is 0 Å².